The van der Waals surface area contributed by atoms with Crippen molar-refractivity contribution in [2.45, 2.75) is 13.0 Å². The number of anilines is 1. The quantitative estimate of drug-likeness (QED) is 0.819. The first-order valence-electron chi connectivity index (χ1n) is 6.45. The van der Waals surface area contributed by atoms with Crippen LogP contribution in [0.2, 0.25) is 0 Å². The fourth-order valence-electron chi connectivity index (χ4n) is 2.50. The van der Waals surface area contributed by atoms with Crippen molar-refractivity contribution in [2.24, 2.45) is 0 Å². The smallest absolute Gasteiger partial charge is 0.254 e. The summed E-state index contributed by atoms with van der Waals surface area (Å²) >= 11 is 0. The van der Waals surface area contributed by atoms with E-state index in [1.54, 1.807) is 0 Å². The molecule has 0 saturated carbocycles. The van der Waals surface area contributed by atoms with Crippen LogP contribution < -0.4 is 10.6 Å². The molecule has 0 aliphatic carbocycles. The molecule has 96 valence electrons. The van der Waals surface area contributed by atoms with Gasteiger partial charge in [-0.05, 0) is 24.1 Å². The van der Waals surface area contributed by atoms with E-state index in [1.807, 2.05) is 55.5 Å². The van der Waals surface area contributed by atoms with Gasteiger partial charge in [-0.25, -0.2) is 0 Å². The van der Waals surface area contributed by atoms with E-state index in [-0.39, 0.29) is 11.9 Å². The first-order chi connectivity index (χ1) is 9.25. The summed E-state index contributed by atoms with van der Waals surface area (Å²) in [5, 5.41) is 6.45. The van der Waals surface area contributed by atoms with Crippen LogP contribution in [-0.2, 0) is 0 Å². The van der Waals surface area contributed by atoms with E-state index in [0.717, 1.165) is 22.4 Å². The monoisotopic (exact) mass is 252 g/mol. The van der Waals surface area contributed by atoms with E-state index in [9.17, 15) is 4.79 Å². The number of benzene rings is 2. The number of carbonyl (C=O) groups is 1. The SMILES string of the molecule is Cc1cccc2c1C(=O)NC(c1ccccc1)CN2. The van der Waals surface area contributed by atoms with Gasteiger partial charge in [0.2, 0.25) is 0 Å². The average molecular weight is 252 g/mol. The standard InChI is InChI=1S/C16H16N2O/c1-11-6-5-9-13-15(11)16(19)18-14(10-17-13)12-7-3-2-4-8-12/h2-9,14,17H,10H2,1H3,(H,18,19). The molecule has 0 radical (unpaired) electrons. The third kappa shape index (κ3) is 2.19. The fraction of sp³-hybridized carbons (Fsp3) is 0.188. The van der Waals surface area contributed by atoms with Gasteiger partial charge in [0.15, 0.2) is 0 Å². The van der Waals surface area contributed by atoms with Crippen molar-refractivity contribution in [3.8, 4) is 0 Å². The van der Waals surface area contributed by atoms with Gasteiger partial charge in [0.05, 0.1) is 11.6 Å². The van der Waals surface area contributed by atoms with E-state index in [2.05, 4.69) is 10.6 Å². The van der Waals surface area contributed by atoms with Crippen LogP contribution in [0.25, 0.3) is 0 Å². The second-order valence-corrected chi connectivity index (χ2v) is 4.82. The molecule has 1 amide bonds. The van der Waals surface area contributed by atoms with Crippen LogP contribution in [0.1, 0.15) is 27.5 Å². The molecule has 0 spiro atoms. The Morgan fingerprint density at radius 1 is 1.05 bits per heavy atom. The fourth-order valence-corrected chi connectivity index (χ4v) is 2.50. The van der Waals surface area contributed by atoms with Crippen LogP contribution in [0.5, 0.6) is 0 Å². The summed E-state index contributed by atoms with van der Waals surface area (Å²) in [7, 11) is 0. The topological polar surface area (TPSA) is 41.1 Å². The van der Waals surface area contributed by atoms with Gasteiger partial charge in [-0.1, -0.05) is 42.5 Å². The second-order valence-electron chi connectivity index (χ2n) is 4.82. The van der Waals surface area contributed by atoms with E-state index in [0.29, 0.717) is 6.54 Å². The molecule has 3 rings (SSSR count). The van der Waals surface area contributed by atoms with Gasteiger partial charge in [0.25, 0.3) is 5.91 Å². The van der Waals surface area contributed by atoms with E-state index in [4.69, 9.17) is 0 Å². The first kappa shape index (κ1) is 11.8. The molecule has 1 heterocycles. The zero-order valence-electron chi connectivity index (χ0n) is 10.8. The molecule has 3 heteroatoms. The van der Waals surface area contributed by atoms with Gasteiger partial charge in [-0.2, -0.15) is 0 Å². The minimum atomic E-state index is -0.00745. The van der Waals surface area contributed by atoms with Gasteiger partial charge in [-0.15, -0.1) is 0 Å². The maximum Gasteiger partial charge on any atom is 0.254 e. The molecular weight excluding hydrogens is 236 g/mol. The number of hydrogen-bond acceptors (Lipinski definition) is 2. The highest BCUT2D eigenvalue weighted by atomic mass is 16.1. The van der Waals surface area contributed by atoms with Gasteiger partial charge in [-0.3, -0.25) is 4.79 Å². The summed E-state index contributed by atoms with van der Waals surface area (Å²) in [4.78, 5) is 12.4. The average Bonchev–Trinajstić information content (AvgIpc) is 2.60. The predicted molar refractivity (Wildman–Crippen MR) is 76.3 cm³/mol. The number of aryl methyl sites for hydroxylation is 1. The van der Waals surface area contributed by atoms with Gasteiger partial charge < -0.3 is 10.6 Å². The molecule has 0 fully saturated rings. The molecule has 2 N–H and O–H groups in total. The molecule has 2 aromatic carbocycles. The van der Waals surface area contributed by atoms with Crippen LogP contribution in [0.15, 0.2) is 48.5 Å². The van der Waals surface area contributed by atoms with E-state index >= 15 is 0 Å². The largest absolute Gasteiger partial charge is 0.382 e. The van der Waals surface area contributed by atoms with Gasteiger partial charge in [0, 0.05) is 12.2 Å². The Balaban J connectivity index is 1.95. The third-order valence-corrected chi connectivity index (χ3v) is 3.50. The van der Waals surface area contributed by atoms with Crippen LogP contribution in [0, 0.1) is 6.92 Å². The normalized spacial score (nSPS) is 17.9. The Bertz CT molecular complexity index is 607. The Morgan fingerprint density at radius 3 is 2.63 bits per heavy atom. The molecular formula is C16H16N2O. The van der Waals surface area contributed by atoms with Crippen LogP contribution in [0.3, 0.4) is 0 Å². The van der Waals surface area contributed by atoms with Crippen molar-refractivity contribution >= 4 is 11.6 Å². The van der Waals surface area contributed by atoms with Crippen molar-refractivity contribution in [1.29, 1.82) is 0 Å². The lowest BCUT2D eigenvalue weighted by molar-refractivity contribution is 0.0942. The predicted octanol–water partition coefficient (Wildman–Crippen LogP) is 2.89. The Kier molecular flexibility index (Phi) is 2.95. The highest BCUT2D eigenvalue weighted by Gasteiger charge is 2.23. The Morgan fingerprint density at radius 2 is 1.84 bits per heavy atom. The number of fused-ring (bicyclic) bond motifs is 1. The Hall–Kier alpha value is -2.29. The van der Waals surface area contributed by atoms with Crippen molar-refractivity contribution in [1.82, 2.24) is 5.32 Å². The number of rotatable bonds is 1. The molecule has 1 atom stereocenters. The zero-order valence-corrected chi connectivity index (χ0v) is 10.8. The summed E-state index contributed by atoms with van der Waals surface area (Å²) in [5.41, 5.74) is 3.78. The molecule has 0 bridgehead atoms. The first-order valence-corrected chi connectivity index (χ1v) is 6.45. The number of amides is 1. The van der Waals surface area contributed by atoms with Crippen molar-refractivity contribution < 1.29 is 4.79 Å². The van der Waals surface area contributed by atoms with E-state index < -0.39 is 0 Å². The maximum atomic E-state index is 12.4. The van der Waals surface area contributed by atoms with Crippen LogP contribution in [-0.4, -0.2) is 12.5 Å². The number of nitrogens with one attached hydrogen (secondary N) is 2. The lowest BCUT2D eigenvalue weighted by Gasteiger charge is -2.16. The summed E-state index contributed by atoms with van der Waals surface area (Å²) in [6.45, 7) is 2.66. The lowest BCUT2D eigenvalue weighted by Crippen LogP contribution is -2.30. The van der Waals surface area contributed by atoms with Crippen molar-refractivity contribution in [2.75, 3.05) is 11.9 Å². The van der Waals surface area contributed by atoms with Gasteiger partial charge >= 0.3 is 0 Å². The third-order valence-electron chi connectivity index (χ3n) is 3.50. The summed E-state index contributed by atoms with van der Waals surface area (Å²) in [5.74, 6) is -0.00745. The minimum absolute atomic E-state index is 0.000463. The number of hydrogen-bond donors (Lipinski definition) is 2. The molecule has 1 aliphatic heterocycles. The van der Waals surface area contributed by atoms with Crippen molar-refractivity contribution in [3.63, 3.8) is 0 Å². The van der Waals surface area contributed by atoms with Crippen LogP contribution in [0.4, 0.5) is 5.69 Å². The highest BCUT2D eigenvalue weighted by molar-refractivity contribution is 6.01. The minimum Gasteiger partial charge on any atom is -0.382 e. The molecule has 1 aliphatic rings. The maximum absolute atomic E-state index is 12.4. The molecule has 0 aromatic heterocycles. The summed E-state index contributed by atoms with van der Waals surface area (Å²) < 4.78 is 0. The zero-order chi connectivity index (χ0) is 13.2. The summed E-state index contributed by atoms with van der Waals surface area (Å²) in [6.07, 6.45) is 0. The van der Waals surface area contributed by atoms with Crippen LogP contribution >= 0.6 is 0 Å². The molecule has 0 saturated heterocycles. The van der Waals surface area contributed by atoms with Crippen molar-refractivity contribution in [3.05, 3.63) is 65.2 Å². The summed E-state index contributed by atoms with van der Waals surface area (Å²) in [6, 6.07) is 15.9. The molecule has 19 heavy (non-hydrogen) atoms. The second kappa shape index (κ2) is 4.76. The number of carbonyl (C=O) groups excluding carboxylic acids is 1. The van der Waals surface area contributed by atoms with Gasteiger partial charge in [0.1, 0.15) is 0 Å². The molecule has 3 nitrogen and oxygen atoms in total. The van der Waals surface area contributed by atoms with E-state index in [1.165, 1.54) is 0 Å². The Labute approximate surface area is 112 Å². The highest BCUT2D eigenvalue weighted by Crippen LogP contribution is 2.25. The molecule has 2 aromatic rings. The lowest BCUT2D eigenvalue weighted by atomic mass is 10.1. The molecule has 1 unspecified atom stereocenters.